The number of amidine groups is 1. The van der Waals surface area contributed by atoms with Crippen molar-refractivity contribution in [1.82, 2.24) is 4.90 Å². The molecule has 0 aliphatic carbocycles. The second-order valence-corrected chi connectivity index (χ2v) is 5.99. The van der Waals surface area contributed by atoms with E-state index in [4.69, 9.17) is 0 Å². The van der Waals surface area contributed by atoms with Gasteiger partial charge in [0.2, 0.25) is 0 Å². The van der Waals surface area contributed by atoms with E-state index < -0.39 is 0 Å². The Labute approximate surface area is 126 Å². The number of hydrogen-bond donors (Lipinski definition) is 1. The predicted octanol–water partition coefficient (Wildman–Crippen LogP) is 3.14. The number of anilines is 1. The van der Waals surface area contributed by atoms with Crippen molar-refractivity contribution >= 4 is 11.5 Å². The molecule has 0 spiro atoms. The van der Waals surface area contributed by atoms with E-state index in [2.05, 4.69) is 63.6 Å². The monoisotopic (exact) mass is 285 g/mol. The number of hydrogen-bond acceptors (Lipinski definition) is 5. The largest absolute Gasteiger partial charge is 0.382 e. The zero-order valence-corrected chi connectivity index (χ0v) is 12.8. The van der Waals surface area contributed by atoms with Gasteiger partial charge in [0.05, 0.1) is 0 Å². The van der Waals surface area contributed by atoms with Gasteiger partial charge in [0.1, 0.15) is 0 Å². The van der Waals surface area contributed by atoms with Gasteiger partial charge in [0.25, 0.3) is 0 Å². The lowest BCUT2D eigenvalue weighted by molar-refractivity contribution is 0.177. The minimum atomic E-state index is 0.462. The summed E-state index contributed by atoms with van der Waals surface area (Å²) in [6.45, 7) is 7.38. The number of likely N-dealkylation sites (tertiary alicyclic amines) is 1. The van der Waals surface area contributed by atoms with Gasteiger partial charge < -0.3 is 10.2 Å². The maximum atomic E-state index is 4.23. The topological polar surface area (TPSA) is 52.3 Å². The highest BCUT2D eigenvalue weighted by Crippen LogP contribution is 2.19. The molecule has 0 atom stereocenters. The van der Waals surface area contributed by atoms with Crippen LogP contribution in [0.2, 0.25) is 0 Å². The smallest absolute Gasteiger partial charge is 0.178 e. The number of nitrogens with zero attached hydrogens (tertiary/aromatic N) is 4. The van der Waals surface area contributed by atoms with Crippen molar-refractivity contribution in [2.45, 2.75) is 38.8 Å². The quantitative estimate of drug-likeness (QED) is 0.924. The normalized spacial score (nSPS) is 20.0. The summed E-state index contributed by atoms with van der Waals surface area (Å²) in [6.07, 6.45) is 2.42. The molecule has 2 aliphatic heterocycles. The molecule has 21 heavy (non-hydrogen) atoms. The first-order chi connectivity index (χ1) is 10.2. The van der Waals surface area contributed by atoms with E-state index in [-0.39, 0.29) is 0 Å². The van der Waals surface area contributed by atoms with Crippen molar-refractivity contribution < 1.29 is 0 Å². The van der Waals surface area contributed by atoms with Crippen molar-refractivity contribution in [1.29, 1.82) is 0 Å². The lowest BCUT2D eigenvalue weighted by Gasteiger charge is -2.35. The summed E-state index contributed by atoms with van der Waals surface area (Å²) in [5, 5.41) is 11.5. The average Bonchev–Trinajstić information content (AvgIpc) is 3.03. The molecule has 0 saturated carbocycles. The number of nitrogens with one attached hydrogen (secondary N) is 1. The van der Waals surface area contributed by atoms with Gasteiger partial charge in [-0.2, -0.15) is 5.11 Å². The van der Waals surface area contributed by atoms with E-state index in [1.54, 1.807) is 0 Å². The third-order valence-corrected chi connectivity index (χ3v) is 4.22. The van der Waals surface area contributed by atoms with Crippen LogP contribution in [0.5, 0.6) is 0 Å². The van der Waals surface area contributed by atoms with Crippen LogP contribution in [0.3, 0.4) is 0 Å². The van der Waals surface area contributed by atoms with Crippen LogP contribution >= 0.6 is 0 Å². The average molecular weight is 285 g/mol. The van der Waals surface area contributed by atoms with E-state index in [0.717, 1.165) is 11.4 Å². The van der Waals surface area contributed by atoms with E-state index in [9.17, 15) is 0 Å². The van der Waals surface area contributed by atoms with Crippen molar-refractivity contribution in [2.75, 3.05) is 25.1 Å². The van der Waals surface area contributed by atoms with Crippen LogP contribution in [0, 0.1) is 0 Å². The molecule has 0 unspecified atom stereocenters. The Morgan fingerprint density at radius 1 is 1.14 bits per heavy atom. The van der Waals surface area contributed by atoms with Crippen LogP contribution in [-0.4, -0.2) is 42.6 Å². The molecule has 5 heteroatoms. The van der Waals surface area contributed by atoms with Gasteiger partial charge in [-0.05, 0) is 51.0 Å². The molecule has 0 aromatic heterocycles. The van der Waals surface area contributed by atoms with Gasteiger partial charge in [0.15, 0.2) is 12.5 Å². The number of benzene rings is 1. The molecule has 1 aromatic rings. The summed E-state index contributed by atoms with van der Waals surface area (Å²) in [4.78, 5) is 6.78. The summed E-state index contributed by atoms with van der Waals surface area (Å²) in [7, 11) is 0. The first-order valence-electron chi connectivity index (χ1n) is 7.75. The van der Waals surface area contributed by atoms with E-state index in [1.807, 2.05) is 0 Å². The molecule has 0 radical (unpaired) electrons. The molecular formula is C16H23N5. The highest BCUT2D eigenvalue weighted by Gasteiger charge is 2.20. The molecule has 5 nitrogen and oxygen atoms in total. The van der Waals surface area contributed by atoms with Crippen LogP contribution in [0.25, 0.3) is 0 Å². The Bertz CT molecular complexity index is 524. The van der Waals surface area contributed by atoms with E-state index in [0.29, 0.717) is 18.8 Å². The number of azo groups is 1. The maximum Gasteiger partial charge on any atom is 0.178 e. The molecule has 2 aliphatic rings. The maximum absolute atomic E-state index is 4.23. The molecule has 0 amide bonds. The Kier molecular flexibility index (Phi) is 4.29. The third-order valence-electron chi connectivity index (χ3n) is 4.22. The second-order valence-electron chi connectivity index (χ2n) is 5.99. The molecule has 1 fully saturated rings. The molecule has 1 aromatic carbocycles. The number of piperidine rings is 1. The Morgan fingerprint density at radius 3 is 2.43 bits per heavy atom. The van der Waals surface area contributed by atoms with E-state index >= 15 is 0 Å². The lowest BCUT2D eigenvalue weighted by Crippen LogP contribution is -2.42. The molecular weight excluding hydrogens is 262 g/mol. The highest BCUT2D eigenvalue weighted by atomic mass is 15.2. The first-order valence-corrected chi connectivity index (χ1v) is 7.75. The van der Waals surface area contributed by atoms with Gasteiger partial charge in [-0.3, -0.25) is 0 Å². The molecule has 112 valence electrons. The molecule has 1 N–H and O–H groups in total. The minimum absolute atomic E-state index is 0.462. The minimum Gasteiger partial charge on any atom is -0.382 e. The van der Waals surface area contributed by atoms with Crippen molar-refractivity contribution in [3.05, 3.63) is 29.8 Å². The van der Waals surface area contributed by atoms with Crippen LogP contribution in [0.15, 0.2) is 39.5 Å². The Balaban J connectivity index is 1.55. The highest BCUT2D eigenvalue weighted by molar-refractivity contribution is 5.99. The summed E-state index contributed by atoms with van der Waals surface area (Å²) in [5.41, 5.74) is 2.22. The van der Waals surface area contributed by atoms with Gasteiger partial charge in [-0.25, -0.2) is 4.99 Å². The number of aliphatic imine (C=N–C) groups is 1. The summed E-state index contributed by atoms with van der Waals surface area (Å²) >= 11 is 0. The van der Waals surface area contributed by atoms with E-state index in [1.165, 1.54) is 31.6 Å². The predicted molar refractivity (Wildman–Crippen MR) is 86.1 cm³/mol. The van der Waals surface area contributed by atoms with Gasteiger partial charge in [-0.1, -0.05) is 0 Å². The SMILES string of the molecule is CC(C)N1CCC(Nc2ccc(C3=NCN=N3)cc2)CC1. The number of rotatable bonds is 4. The molecule has 3 rings (SSSR count). The Hall–Kier alpha value is -1.75. The van der Waals surface area contributed by atoms with Crippen LogP contribution in [0.4, 0.5) is 5.69 Å². The summed E-state index contributed by atoms with van der Waals surface area (Å²) < 4.78 is 0. The molecule has 0 bridgehead atoms. The van der Waals surface area contributed by atoms with Crippen LogP contribution in [0.1, 0.15) is 32.3 Å². The second kappa shape index (κ2) is 6.35. The van der Waals surface area contributed by atoms with Crippen molar-refractivity contribution in [3.8, 4) is 0 Å². The fourth-order valence-electron chi connectivity index (χ4n) is 2.89. The van der Waals surface area contributed by atoms with Gasteiger partial charge >= 0.3 is 0 Å². The first kappa shape index (κ1) is 14.2. The van der Waals surface area contributed by atoms with Crippen molar-refractivity contribution in [2.24, 2.45) is 15.2 Å². The summed E-state index contributed by atoms with van der Waals surface area (Å²) in [5.74, 6) is 0.742. The lowest BCUT2D eigenvalue weighted by atomic mass is 10.0. The standard InChI is InChI=1S/C16H23N5/c1-12(2)21-9-7-15(8-10-21)19-14-5-3-13(4-6-14)16-17-11-18-20-16/h3-6,12,15,19H,7-11H2,1-2H3. The Morgan fingerprint density at radius 2 is 1.86 bits per heavy atom. The zero-order chi connectivity index (χ0) is 14.7. The van der Waals surface area contributed by atoms with Crippen molar-refractivity contribution in [3.63, 3.8) is 0 Å². The van der Waals surface area contributed by atoms with Crippen LogP contribution in [-0.2, 0) is 0 Å². The van der Waals surface area contributed by atoms with Gasteiger partial charge in [0, 0.05) is 36.4 Å². The molecule has 1 saturated heterocycles. The molecule has 2 heterocycles. The fraction of sp³-hybridized carbons (Fsp3) is 0.562. The fourth-order valence-corrected chi connectivity index (χ4v) is 2.89. The van der Waals surface area contributed by atoms with Crippen LogP contribution < -0.4 is 5.32 Å². The summed E-state index contributed by atoms with van der Waals surface area (Å²) in [6, 6.07) is 9.59. The van der Waals surface area contributed by atoms with Gasteiger partial charge in [-0.15, -0.1) is 5.11 Å². The zero-order valence-electron chi connectivity index (χ0n) is 12.8. The third kappa shape index (κ3) is 3.47.